The average molecular weight is 263 g/mol. The van der Waals surface area contributed by atoms with Crippen LogP contribution in [0, 0.1) is 0 Å². The average Bonchev–Trinajstić information content (AvgIpc) is 2.44. The van der Waals surface area contributed by atoms with Gasteiger partial charge in [-0.3, -0.25) is 4.90 Å². The van der Waals surface area contributed by atoms with Crippen LogP contribution in [0.15, 0.2) is 30.3 Å². The molecule has 3 nitrogen and oxygen atoms in total. The topological polar surface area (TPSA) is 21.7 Å². The van der Waals surface area contributed by atoms with Crippen molar-refractivity contribution in [3.63, 3.8) is 0 Å². The van der Waals surface area contributed by atoms with Crippen LogP contribution in [-0.2, 0) is 16.0 Å². The van der Waals surface area contributed by atoms with E-state index in [1.54, 1.807) is 14.2 Å². The summed E-state index contributed by atoms with van der Waals surface area (Å²) in [4.78, 5) is 2.56. The molecule has 1 heterocycles. The third kappa shape index (κ3) is 4.03. The number of nitrogens with zero attached hydrogens (tertiary/aromatic N) is 1. The van der Waals surface area contributed by atoms with Crippen molar-refractivity contribution in [1.29, 1.82) is 0 Å². The monoisotopic (exact) mass is 263 g/mol. The standard InChI is InChI=1S/C16H25NO2/c1-18-12-15-9-6-10-16(13-19-2)17(15)11-14-7-4-3-5-8-14/h3-5,7-8,15-16H,6,9-13H2,1-2H3. The number of hydrogen-bond donors (Lipinski definition) is 0. The first-order chi connectivity index (χ1) is 9.35. The van der Waals surface area contributed by atoms with E-state index in [2.05, 4.69) is 35.2 Å². The maximum Gasteiger partial charge on any atom is 0.0618 e. The normalized spacial score (nSPS) is 24.5. The molecule has 0 amide bonds. The fourth-order valence-corrected chi connectivity index (χ4v) is 3.01. The summed E-state index contributed by atoms with van der Waals surface area (Å²) in [6.45, 7) is 2.61. The van der Waals surface area contributed by atoms with Gasteiger partial charge >= 0.3 is 0 Å². The second-order valence-electron chi connectivity index (χ2n) is 5.31. The van der Waals surface area contributed by atoms with Gasteiger partial charge in [0.15, 0.2) is 0 Å². The van der Waals surface area contributed by atoms with Crippen LogP contribution in [0.2, 0.25) is 0 Å². The van der Waals surface area contributed by atoms with E-state index < -0.39 is 0 Å². The second kappa shape index (κ2) is 7.63. The Morgan fingerprint density at radius 2 is 1.58 bits per heavy atom. The molecule has 2 atom stereocenters. The minimum absolute atomic E-state index is 0.513. The predicted octanol–water partition coefficient (Wildman–Crippen LogP) is 2.70. The lowest BCUT2D eigenvalue weighted by atomic mass is 9.95. The quantitative estimate of drug-likeness (QED) is 0.787. The summed E-state index contributed by atoms with van der Waals surface area (Å²) in [5, 5.41) is 0. The molecule has 0 N–H and O–H groups in total. The van der Waals surface area contributed by atoms with E-state index in [0.717, 1.165) is 19.8 Å². The SMILES string of the molecule is COCC1CCCC(COC)N1Cc1ccccc1. The highest BCUT2D eigenvalue weighted by atomic mass is 16.5. The summed E-state index contributed by atoms with van der Waals surface area (Å²) in [5.41, 5.74) is 1.37. The largest absolute Gasteiger partial charge is 0.383 e. The Morgan fingerprint density at radius 3 is 2.11 bits per heavy atom. The van der Waals surface area contributed by atoms with E-state index in [4.69, 9.17) is 9.47 Å². The molecule has 0 aliphatic carbocycles. The van der Waals surface area contributed by atoms with Gasteiger partial charge in [-0.25, -0.2) is 0 Å². The summed E-state index contributed by atoms with van der Waals surface area (Å²) in [6, 6.07) is 11.7. The fraction of sp³-hybridized carbons (Fsp3) is 0.625. The second-order valence-corrected chi connectivity index (χ2v) is 5.31. The maximum atomic E-state index is 5.39. The van der Waals surface area contributed by atoms with E-state index in [9.17, 15) is 0 Å². The van der Waals surface area contributed by atoms with Crippen LogP contribution in [-0.4, -0.2) is 44.4 Å². The molecule has 1 fully saturated rings. The molecular weight excluding hydrogens is 238 g/mol. The van der Waals surface area contributed by atoms with Crippen LogP contribution in [0.4, 0.5) is 0 Å². The van der Waals surface area contributed by atoms with Gasteiger partial charge in [0.1, 0.15) is 0 Å². The van der Waals surface area contributed by atoms with Gasteiger partial charge in [0.25, 0.3) is 0 Å². The Labute approximate surface area is 116 Å². The molecule has 2 unspecified atom stereocenters. The van der Waals surface area contributed by atoms with Gasteiger partial charge in [0.2, 0.25) is 0 Å². The molecule has 2 rings (SSSR count). The maximum absolute atomic E-state index is 5.39. The molecule has 1 aliphatic rings. The Bertz CT molecular complexity index is 337. The van der Waals surface area contributed by atoms with Crippen molar-refractivity contribution in [3.05, 3.63) is 35.9 Å². The fourth-order valence-electron chi connectivity index (χ4n) is 3.01. The molecule has 3 heteroatoms. The highest BCUT2D eigenvalue weighted by molar-refractivity contribution is 5.15. The lowest BCUT2D eigenvalue weighted by Crippen LogP contribution is -2.49. The summed E-state index contributed by atoms with van der Waals surface area (Å²) in [5.74, 6) is 0. The molecule has 19 heavy (non-hydrogen) atoms. The summed E-state index contributed by atoms with van der Waals surface area (Å²) < 4.78 is 10.8. The molecule has 1 aromatic carbocycles. The number of methoxy groups -OCH3 is 2. The minimum Gasteiger partial charge on any atom is -0.383 e. The molecule has 0 aromatic heterocycles. The first-order valence-corrected chi connectivity index (χ1v) is 7.12. The van der Waals surface area contributed by atoms with Gasteiger partial charge in [-0.1, -0.05) is 36.8 Å². The lowest BCUT2D eigenvalue weighted by Gasteiger charge is -2.41. The zero-order valence-corrected chi connectivity index (χ0v) is 12.0. The number of hydrogen-bond acceptors (Lipinski definition) is 3. The first-order valence-electron chi connectivity index (χ1n) is 7.12. The Morgan fingerprint density at radius 1 is 1.00 bits per heavy atom. The van der Waals surface area contributed by atoms with Gasteiger partial charge in [0.05, 0.1) is 13.2 Å². The van der Waals surface area contributed by atoms with Crippen LogP contribution in [0.5, 0.6) is 0 Å². The van der Waals surface area contributed by atoms with Gasteiger partial charge in [0, 0.05) is 32.8 Å². The number of benzene rings is 1. The molecule has 0 bridgehead atoms. The summed E-state index contributed by atoms with van der Waals surface area (Å²) in [7, 11) is 3.58. The summed E-state index contributed by atoms with van der Waals surface area (Å²) in [6.07, 6.45) is 3.72. The first kappa shape index (κ1) is 14.5. The molecule has 1 saturated heterocycles. The van der Waals surface area contributed by atoms with Crippen molar-refractivity contribution in [2.75, 3.05) is 27.4 Å². The number of ether oxygens (including phenoxy) is 2. The van der Waals surface area contributed by atoms with Crippen molar-refractivity contribution in [2.45, 2.75) is 37.9 Å². The molecule has 106 valence electrons. The third-order valence-corrected chi connectivity index (χ3v) is 3.94. The molecular formula is C16H25NO2. The number of rotatable bonds is 6. The zero-order valence-electron chi connectivity index (χ0n) is 12.0. The van der Waals surface area contributed by atoms with Crippen molar-refractivity contribution >= 4 is 0 Å². The highest BCUT2D eigenvalue weighted by Gasteiger charge is 2.30. The van der Waals surface area contributed by atoms with Gasteiger partial charge in [-0.05, 0) is 18.4 Å². The zero-order chi connectivity index (χ0) is 13.5. The molecule has 0 spiro atoms. The number of likely N-dealkylation sites (tertiary alicyclic amines) is 1. The lowest BCUT2D eigenvalue weighted by molar-refractivity contribution is -0.00792. The van der Waals surface area contributed by atoms with Crippen LogP contribution in [0.25, 0.3) is 0 Å². The highest BCUT2D eigenvalue weighted by Crippen LogP contribution is 2.25. The van der Waals surface area contributed by atoms with Crippen molar-refractivity contribution < 1.29 is 9.47 Å². The number of piperidine rings is 1. The van der Waals surface area contributed by atoms with E-state index >= 15 is 0 Å². The van der Waals surface area contributed by atoms with Gasteiger partial charge in [-0.2, -0.15) is 0 Å². The predicted molar refractivity (Wildman–Crippen MR) is 77.2 cm³/mol. The molecule has 0 saturated carbocycles. The third-order valence-electron chi connectivity index (χ3n) is 3.94. The Balaban J connectivity index is 2.08. The van der Waals surface area contributed by atoms with Crippen LogP contribution >= 0.6 is 0 Å². The minimum atomic E-state index is 0.513. The smallest absolute Gasteiger partial charge is 0.0618 e. The van der Waals surface area contributed by atoms with E-state index in [1.807, 2.05) is 0 Å². The van der Waals surface area contributed by atoms with Gasteiger partial charge in [-0.15, -0.1) is 0 Å². The van der Waals surface area contributed by atoms with E-state index in [-0.39, 0.29) is 0 Å². The summed E-state index contributed by atoms with van der Waals surface area (Å²) >= 11 is 0. The van der Waals surface area contributed by atoms with Crippen LogP contribution in [0.1, 0.15) is 24.8 Å². The van der Waals surface area contributed by atoms with Gasteiger partial charge < -0.3 is 9.47 Å². The molecule has 1 aliphatic heterocycles. The van der Waals surface area contributed by atoms with Crippen molar-refractivity contribution in [3.8, 4) is 0 Å². The Kier molecular flexibility index (Phi) is 5.83. The van der Waals surface area contributed by atoms with Crippen molar-refractivity contribution in [2.24, 2.45) is 0 Å². The molecule has 0 radical (unpaired) electrons. The van der Waals surface area contributed by atoms with Crippen LogP contribution in [0.3, 0.4) is 0 Å². The molecule has 1 aromatic rings. The van der Waals surface area contributed by atoms with Crippen LogP contribution < -0.4 is 0 Å². The van der Waals surface area contributed by atoms with E-state index in [0.29, 0.717) is 12.1 Å². The van der Waals surface area contributed by atoms with Crippen molar-refractivity contribution in [1.82, 2.24) is 4.90 Å². The Hall–Kier alpha value is -0.900. The van der Waals surface area contributed by atoms with E-state index in [1.165, 1.54) is 24.8 Å².